The third-order valence-corrected chi connectivity index (χ3v) is 2.83. The molecule has 0 aliphatic carbocycles. The van der Waals surface area contributed by atoms with E-state index in [1.54, 1.807) is 24.3 Å². The predicted octanol–water partition coefficient (Wildman–Crippen LogP) is 3.61. The molecule has 0 saturated carbocycles. The van der Waals surface area contributed by atoms with E-state index in [1.165, 1.54) is 0 Å². The van der Waals surface area contributed by atoms with Crippen LogP contribution in [0.4, 0.5) is 0 Å². The fourth-order valence-electron chi connectivity index (χ4n) is 1.75. The summed E-state index contributed by atoms with van der Waals surface area (Å²) in [4.78, 5) is 2.62. The summed E-state index contributed by atoms with van der Waals surface area (Å²) in [5.41, 5.74) is 10.0. The van der Waals surface area contributed by atoms with Crippen LogP contribution >= 0.6 is 0 Å². The number of hydrogen-bond donors (Lipinski definition) is 1. The van der Waals surface area contributed by atoms with Gasteiger partial charge in [0.1, 0.15) is 12.4 Å². The molecule has 1 N–H and O–H groups in total. The quantitative estimate of drug-likeness (QED) is 0.494. The van der Waals surface area contributed by atoms with E-state index in [9.17, 15) is 5.11 Å². The molecule has 0 aliphatic heterocycles. The second-order valence-corrected chi connectivity index (χ2v) is 4.27. The van der Waals surface area contributed by atoms with Gasteiger partial charge in [-0.3, -0.25) is 0 Å². The smallest absolute Gasteiger partial charge is 0.119 e. The Hall–Kier alpha value is -2.49. The van der Waals surface area contributed by atoms with Gasteiger partial charge in [0.2, 0.25) is 0 Å². The largest absolute Gasteiger partial charge is 0.489 e. The number of hydrogen-bond acceptors (Lipinski definition) is 3. The van der Waals surface area contributed by atoms with Crippen LogP contribution in [0.25, 0.3) is 10.4 Å². The first-order valence-electron chi connectivity index (χ1n) is 6.25. The summed E-state index contributed by atoms with van der Waals surface area (Å²) in [7, 11) is 0. The van der Waals surface area contributed by atoms with Gasteiger partial charge < -0.3 is 9.84 Å². The molecule has 2 rings (SSSR count). The molecule has 0 unspecified atom stereocenters. The third-order valence-electron chi connectivity index (χ3n) is 2.83. The van der Waals surface area contributed by atoms with Gasteiger partial charge in [-0.05, 0) is 28.8 Å². The highest BCUT2D eigenvalue weighted by Gasteiger charge is 2.06. The Morgan fingerprint density at radius 3 is 2.45 bits per heavy atom. The first-order valence-corrected chi connectivity index (χ1v) is 6.25. The Morgan fingerprint density at radius 2 is 1.80 bits per heavy atom. The normalized spacial score (nSPS) is 11.4. The molecule has 20 heavy (non-hydrogen) atoms. The molecule has 2 aromatic carbocycles. The average Bonchev–Trinajstić information content (AvgIpc) is 2.52. The second kappa shape index (κ2) is 7.19. The Bertz CT molecular complexity index is 578. The minimum absolute atomic E-state index is 0.0285. The van der Waals surface area contributed by atoms with Crippen molar-refractivity contribution in [3.05, 3.63) is 76.2 Å². The minimum atomic E-state index is -0.783. The molecular weight excluding hydrogens is 254 g/mol. The monoisotopic (exact) mass is 269 g/mol. The van der Waals surface area contributed by atoms with Crippen molar-refractivity contribution in [3.63, 3.8) is 0 Å². The molecule has 0 fully saturated rings. The molecule has 0 radical (unpaired) electrons. The van der Waals surface area contributed by atoms with E-state index in [4.69, 9.17) is 10.3 Å². The standard InChI is InChI=1S/C15H15N3O2/c16-18-17-10-15(19)13-6-8-14(9-7-13)20-11-12-4-2-1-3-5-12/h1-9,15,19H,10-11H2/t15-/m1/s1. The molecule has 0 saturated heterocycles. The summed E-state index contributed by atoms with van der Waals surface area (Å²) in [6, 6.07) is 17.0. The van der Waals surface area contributed by atoms with Crippen LogP contribution in [0, 0.1) is 0 Å². The highest BCUT2D eigenvalue weighted by molar-refractivity contribution is 5.29. The van der Waals surface area contributed by atoms with Crippen molar-refractivity contribution in [3.8, 4) is 5.75 Å². The zero-order valence-corrected chi connectivity index (χ0v) is 10.9. The lowest BCUT2D eigenvalue weighted by molar-refractivity contribution is 0.186. The molecule has 0 heterocycles. The van der Waals surface area contributed by atoms with E-state index >= 15 is 0 Å². The van der Waals surface area contributed by atoms with Crippen LogP contribution < -0.4 is 4.74 Å². The van der Waals surface area contributed by atoms with E-state index in [0.29, 0.717) is 12.2 Å². The summed E-state index contributed by atoms with van der Waals surface area (Å²) in [5, 5.41) is 13.1. The SMILES string of the molecule is [N-]=[N+]=NC[C@@H](O)c1ccc(OCc2ccccc2)cc1. The molecule has 5 nitrogen and oxygen atoms in total. The number of aliphatic hydroxyl groups is 1. The first-order chi connectivity index (χ1) is 9.79. The van der Waals surface area contributed by atoms with Gasteiger partial charge in [-0.25, -0.2) is 0 Å². The molecule has 0 aromatic heterocycles. The molecule has 5 heteroatoms. The number of nitrogens with zero attached hydrogens (tertiary/aromatic N) is 3. The topological polar surface area (TPSA) is 78.2 Å². The molecule has 2 aromatic rings. The number of benzene rings is 2. The number of rotatable bonds is 6. The summed E-state index contributed by atoms with van der Waals surface area (Å²) < 4.78 is 5.64. The third kappa shape index (κ3) is 4.02. The maximum Gasteiger partial charge on any atom is 0.119 e. The molecular formula is C15H15N3O2. The van der Waals surface area contributed by atoms with Gasteiger partial charge in [0, 0.05) is 4.91 Å². The number of azide groups is 1. The van der Waals surface area contributed by atoms with E-state index in [1.807, 2.05) is 30.3 Å². The highest BCUT2D eigenvalue weighted by Crippen LogP contribution is 2.19. The highest BCUT2D eigenvalue weighted by atomic mass is 16.5. The number of ether oxygens (including phenoxy) is 1. The van der Waals surface area contributed by atoms with E-state index < -0.39 is 6.10 Å². The number of aliphatic hydroxyl groups excluding tert-OH is 1. The van der Waals surface area contributed by atoms with Gasteiger partial charge in [0.25, 0.3) is 0 Å². The van der Waals surface area contributed by atoms with Crippen LogP contribution in [0.15, 0.2) is 59.7 Å². The Balaban J connectivity index is 1.93. The van der Waals surface area contributed by atoms with E-state index in [2.05, 4.69) is 10.0 Å². The van der Waals surface area contributed by atoms with Gasteiger partial charge >= 0.3 is 0 Å². The van der Waals surface area contributed by atoms with Crippen molar-refractivity contribution in [1.29, 1.82) is 0 Å². The van der Waals surface area contributed by atoms with Gasteiger partial charge in [0.05, 0.1) is 12.6 Å². The van der Waals surface area contributed by atoms with Crippen LogP contribution in [0.1, 0.15) is 17.2 Å². The van der Waals surface area contributed by atoms with Crippen LogP contribution in [-0.4, -0.2) is 11.7 Å². The lowest BCUT2D eigenvalue weighted by Gasteiger charge is -2.10. The van der Waals surface area contributed by atoms with Crippen LogP contribution in [0.3, 0.4) is 0 Å². The summed E-state index contributed by atoms with van der Waals surface area (Å²) in [6.45, 7) is 0.530. The molecule has 102 valence electrons. The van der Waals surface area contributed by atoms with Crippen molar-refractivity contribution in [1.82, 2.24) is 0 Å². The molecule has 1 atom stereocenters. The van der Waals surface area contributed by atoms with Gasteiger partial charge in [-0.1, -0.05) is 47.6 Å². The predicted molar refractivity (Wildman–Crippen MR) is 76.2 cm³/mol. The summed E-state index contributed by atoms with van der Waals surface area (Å²) >= 11 is 0. The van der Waals surface area contributed by atoms with E-state index in [0.717, 1.165) is 11.3 Å². The molecule has 0 spiro atoms. The Labute approximate surface area is 117 Å². The fourth-order valence-corrected chi connectivity index (χ4v) is 1.75. The van der Waals surface area contributed by atoms with Crippen LogP contribution in [-0.2, 0) is 6.61 Å². The van der Waals surface area contributed by atoms with Crippen molar-refractivity contribution in [2.24, 2.45) is 5.11 Å². The van der Waals surface area contributed by atoms with E-state index in [-0.39, 0.29) is 6.54 Å². The molecule has 0 bridgehead atoms. The summed E-state index contributed by atoms with van der Waals surface area (Å²) in [5.74, 6) is 0.730. The van der Waals surface area contributed by atoms with Gasteiger partial charge in [-0.2, -0.15) is 0 Å². The Morgan fingerprint density at radius 1 is 1.10 bits per heavy atom. The van der Waals surface area contributed by atoms with Crippen molar-refractivity contribution < 1.29 is 9.84 Å². The Kier molecular flexibility index (Phi) is 5.00. The van der Waals surface area contributed by atoms with Gasteiger partial charge in [-0.15, -0.1) is 0 Å². The zero-order chi connectivity index (χ0) is 14.2. The molecule has 0 amide bonds. The summed E-state index contributed by atoms with van der Waals surface area (Å²) in [6.07, 6.45) is -0.783. The lowest BCUT2D eigenvalue weighted by Crippen LogP contribution is -2.01. The van der Waals surface area contributed by atoms with Crippen molar-refractivity contribution in [2.75, 3.05) is 6.54 Å². The zero-order valence-electron chi connectivity index (χ0n) is 10.9. The molecule has 0 aliphatic rings. The average molecular weight is 269 g/mol. The second-order valence-electron chi connectivity index (χ2n) is 4.27. The maximum absolute atomic E-state index is 9.74. The minimum Gasteiger partial charge on any atom is -0.489 e. The van der Waals surface area contributed by atoms with Crippen LogP contribution in [0.5, 0.6) is 5.75 Å². The first kappa shape index (κ1) is 13.9. The maximum atomic E-state index is 9.74. The van der Waals surface area contributed by atoms with Crippen LogP contribution in [0.2, 0.25) is 0 Å². The van der Waals surface area contributed by atoms with Crippen molar-refractivity contribution >= 4 is 0 Å². The van der Waals surface area contributed by atoms with Gasteiger partial charge in [0.15, 0.2) is 0 Å². The van der Waals surface area contributed by atoms with Crippen molar-refractivity contribution in [2.45, 2.75) is 12.7 Å². The fraction of sp³-hybridized carbons (Fsp3) is 0.200. The lowest BCUT2D eigenvalue weighted by atomic mass is 10.1.